The van der Waals surface area contributed by atoms with Gasteiger partial charge in [0.05, 0.1) is 16.5 Å². The normalized spacial score (nSPS) is 24.1. The maximum absolute atomic E-state index is 11.8. The van der Waals surface area contributed by atoms with E-state index in [1.54, 1.807) is 12.1 Å². The summed E-state index contributed by atoms with van der Waals surface area (Å²) in [5.74, 6) is 1.33. The van der Waals surface area contributed by atoms with Crippen molar-refractivity contribution in [1.82, 2.24) is 15.3 Å². The molecule has 19 heavy (non-hydrogen) atoms. The van der Waals surface area contributed by atoms with Crippen molar-refractivity contribution in [2.24, 2.45) is 5.92 Å². The number of aromatic nitrogens is 2. The van der Waals surface area contributed by atoms with Crippen LogP contribution >= 0.6 is 0 Å². The molecule has 1 aromatic heterocycles. The number of hydrogen-bond donors (Lipinski definition) is 2. The molecule has 1 fully saturated rings. The van der Waals surface area contributed by atoms with E-state index < -0.39 is 9.84 Å². The molecular weight excluding hydrogens is 262 g/mol. The maximum Gasteiger partial charge on any atom is 0.177 e. The lowest BCUT2D eigenvalue weighted by molar-refractivity contribution is 0.484. The highest BCUT2D eigenvalue weighted by Gasteiger charge is 2.27. The first kappa shape index (κ1) is 12.6. The first-order valence-electron chi connectivity index (χ1n) is 6.39. The zero-order valence-electron chi connectivity index (χ0n) is 11.0. The number of nitrogens with one attached hydrogen (secondary N) is 2. The Morgan fingerprint density at radius 2 is 2.16 bits per heavy atom. The average Bonchev–Trinajstić information content (AvgIpc) is 2.91. The molecule has 0 bridgehead atoms. The number of benzene rings is 1. The van der Waals surface area contributed by atoms with Crippen molar-refractivity contribution < 1.29 is 8.42 Å². The molecule has 0 aliphatic carbocycles. The first-order chi connectivity index (χ1) is 8.97. The Morgan fingerprint density at radius 3 is 2.79 bits per heavy atom. The monoisotopic (exact) mass is 279 g/mol. The van der Waals surface area contributed by atoms with Crippen LogP contribution in [0.15, 0.2) is 23.1 Å². The molecule has 2 aromatic rings. The molecule has 3 rings (SSSR count). The highest BCUT2D eigenvalue weighted by Crippen LogP contribution is 2.30. The number of H-pyrrole nitrogens is 1. The molecule has 102 valence electrons. The lowest BCUT2D eigenvalue weighted by Crippen LogP contribution is -2.17. The third kappa shape index (κ3) is 2.15. The number of para-hydroxylation sites is 1. The molecule has 2 N–H and O–H groups in total. The second kappa shape index (κ2) is 4.31. The molecule has 5 nitrogen and oxygen atoms in total. The van der Waals surface area contributed by atoms with Crippen LogP contribution in [0.5, 0.6) is 0 Å². The smallest absolute Gasteiger partial charge is 0.177 e. The van der Waals surface area contributed by atoms with Gasteiger partial charge in [0, 0.05) is 6.26 Å². The maximum atomic E-state index is 11.8. The Kier molecular flexibility index (Phi) is 2.87. The Bertz CT molecular complexity index is 721. The van der Waals surface area contributed by atoms with Crippen molar-refractivity contribution in [2.75, 3.05) is 12.8 Å². The van der Waals surface area contributed by atoms with Crippen LogP contribution in [0, 0.1) is 5.92 Å². The fraction of sp³-hybridized carbons (Fsp3) is 0.462. The topological polar surface area (TPSA) is 74.8 Å². The predicted octanol–water partition coefficient (Wildman–Crippen LogP) is 1.64. The van der Waals surface area contributed by atoms with Gasteiger partial charge in [-0.1, -0.05) is 13.0 Å². The van der Waals surface area contributed by atoms with Gasteiger partial charge >= 0.3 is 0 Å². The molecule has 0 spiro atoms. The van der Waals surface area contributed by atoms with Gasteiger partial charge in [0.2, 0.25) is 0 Å². The second-order valence-electron chi connectivity index (χ2n) is 5.24. The largest absolute Gasteiger partial charge is 0.341 e. The summed E-state index contributed by atoms with van der Waals surface area (Å²) in [4.78, 5) is 8.05. The van der Waals surface area contributed by atoms with E-state index in [4.69, 9.17) is 0 Å². The summed E-state index contributed by atoms with van der Waals surface area (Å²) < 4.78 is 23.5. The molecule has 0 radical (unpaired) electrons. The van der Waals surface area contributed by atoms with Gasteiger partial charge in [0.1, 0.15) is 11.3 Å². The van der Waals surface area contributed by atoms with Crippen molar-refractivity contribution in [3.8, 4) is 0 Å². The molecule has 1 saturated heterocycles. The number of nitrogens with zero attached hydrogens (tertiary/aromatic N) is 1. The molecular formula is C13H17N3O2S. The number of imidazole rings is 1. The van der Waals surface area contributed by atoms with Gasteiger partial charge in [0.15, 0.2) is 9.84 Å². The fourth-order valence-electron chi connectivity index (χ4n) is 2.67. The van der Waals surface area contributed by atoms with E-state index >= 15 is 0 Å². The van der Waals surface area contributed by atoms with E-state index in [0.29, 0.717) is 11.4 Å². The summed E-state index contributed by atoms with van der Waals surface area (Å²) in [5, 5.41) is 3.40. The Morgan fingerprint density at radius 1 is 1.37 bits per heavy atom. The standard InChI is InChI=1S/C13H17N3O2S/c1-8-6-7-14-11(8)13-15-9-4-3-5-10(12(9)16-13)19(2,17)18/h3-5,8,11,14H,6-7H2,1-2H3,(H,15,16). The van der Waals surface area contributed by atoms with Crippen LogP contribution < -0.4 is 5.32 Å². The van der Waals surface area contributed by atoms with Crippen LogP contribution in [-0.4, -0.2) is 31.2 Å². The van der Waals surface area contributed by atoms with Crippen molar-refractivity contribution in [1.29, 1.82) is 0 Å². The van der Waals surface area contributed by atoms with Crippen LogP contribution in [-0.2, 0) is 9.84 Å². The third-order valence-electron chi connectivity index (χ3n) is 3.72. The predicted molar refractivity (Wildman–Crippen MR) is 73.7 cm³/mol. The zero-order chi connectivity index (χ0) is 13.6. The van der Waals surface area contributed by atoms with Crippen LogP contribution in [0.4, 0.5) is 0 Å². The summed E-state index contributed by atoms with van der Waals surface area (Å²) >= 11 is 0. The van der Waals surface area contributed by atoms with E-state index in [-0.39, 0.29) is 10.9 Å². The number of sulfone groups is 1. The Labute approximate surface area is 112 Å². The van der Waals surface area contributed by atoms with Crippen LogP contribution in [0.2, 0.25) is 0 Å². The van der Waals surface area contributed by atoms with Crippen LogP contribution in [0.1, 0.15) is 25.2 Å². The van der Waals surface area contributed by atoms with Crippen LogP contribution in [0.25, 0.3) is 11.0 Å². The summed E-state index contributed by atoms with van der Waals surface area (Å²) in [6.07, 6.45) is 2.33. The summed E-state index contributed by atoms with van der Waals surface area (Å²) in [5.41, 5.74) is 1.32. The molecule has 1 aromatic carbocycles. The van der Waals surface area contributed by atoms with Gasteiger partial charge < -0.3 is 10.3 Å². The molecule has 1 aliphatic heterocycles. The first-order valence-corrected chi connectivity index (χ1v) is 8.28. The Balaban J connectivity index is 2.16. The summed E-state index contributed by atoms with van der Waals surface area (Å²) in [6.45, 7) is 3.15. The SMILES string of the molecule is CC1CCNC1c1nc2c(S(C)(=O)=O)cccc2[nH]1. The van der Waals surface area contributed by atoms with Gasteiger partial charge in [-0.05, 0) is 31.0 Å². The molecule has 0 saturated carbocycles. The van der Waals surface area contributed by atoms with E-state index in [1.807, 2.05) is 6.07 Å². The quantitative estimate of drug-likeness (QED) is 0.876. The molecule has 2 unspecified atom stereocenters. The van der Waals surface area contributed by atoms with Crippen molar-refractivity contribution in [3.63, 3.8) is 0 Å². The minimum Gasteiger partial charge on any atom is -0.341 e. The second-order valence-corrected chi connectivity index (χ2v) is 7.23. The van der Waals surface area contributed by atoms with E-state index in [2.05, 4.69) is 22.2 Å². The lowest BCUT2D eigenvalue weighted by Gasteiger charge is -2.11. The molecule has 0 amide bonds. The van der Waals surface area contributed by atoms with Gasteiger partial charge in [-0.15, -0.1) is 0 Å². The number of fused-ring (bicyclic) bond motifs is 1. The van der Waals surface area contributed by atoms with Crippen LogP contribution in [0.3, 0.4) is 0 Å². The molecule has 6 heteroatoms. The average molecular weight is 279 g/mol. The van der Waals surface area contributed by atoms with Gasteiger partial charge in [-0.2, -0.15) is 0 Å². The Hall–Kier alpha value is -1.40. The zero-order valence-corrected chi connectivity index (χ0v) is 11.8. The third-order valence-corrected chi connectivity index (χ3v) is 4.85. The number of hydrogen-bond acceptors (Lipinski definition) is 4. The van der Waals surface area contributed by atoms with Gasteiger partial charge in [0.25, 0.3) is 0 Å². The molecule has 1 aliphatic rings. The van der Waals surface area contributed by atoms with Crippen molar-refractivity contribution in [2.45, 2.75) is 24.3 Å². The minimum atomic E-state index is -3.26. The van der Waals surface area contributed by atoms with Gasteiger partial charge in [-0.3, -0.25) is 0 Å². The molecule has 2 heterocycles. The van der Waals surface area contributed by atoms with E-state index in [0.717, 1.165) is 24.3 Å². The highest BCUT2D eigenvalue weighted by atomic mass is 32.2. The van der Waals surface area contributed by atoms with E-state index in [1.165, 1.54) is 6.26 Å². The van der Waals surface area contributed by atoms with E-state index in [9.17, 15) is 8.42 Å². The highest BCUT2D eigenvalue weighted by molar-refractivity contribution is 7.91. The lowest BCUT2D eigenvalue weighted by atomic mass is 10.0. The van der Waals surface area contributed by atoms with Crippen molar-refractivity contribution >= 4 is 20.9 Å². The van der Waals surface area contributed by atoms with Gasteiger partial charge in [-0.25, -0.2) is 13.4 Å². The number of aromatic amines is 1. The summed E-state index contributed by atoms with van der Waals surface area (Å²) in [7, 11) is -3.26. The minimum absolute atomic E-state index is 0.180. The van der Waals surface area contributed by atoms with Crippen molar-refractivity contribution in [3.05, 3.63) is 24.0 Å². The number of rotatable bonds is 2. The fourth-order valence-corrected chi connectivity index (χ4v) is 3.50. The summed E-state index contributed by atoms with van der Waals surface area (Å²) in [6, 6.07) is 5.39. The molecule has 2 atom stereocenters.